The minimum absolute atomic E-state index is 0.0313. The Morgan fingerprint density at radius 3 is 2.53 bits per heavy atom. The number of rotatable bonds is 7. The molecule has 5 nitrogen and oxygen atoms in total. The molecule has 0 aromatic heterocycles. The smallest absolute Gasteiger partial charge is 0.407 e. The predicted octanol–water partition coefficient (Wildman–Crippen LogP) is 5.66. The van der Waals surface area contributed by atoms with Crippen molar-refractivity contribution in [3.8, 4) is 0 Å². The molecule has 0 heterocycles. The predicted molar refractivity (Wildman–Crippen MR) is 115 cm³/mol. The van der Waals surface area contributed by atoms with Crippen molar-refractivity contribution in [1.82, 2.24) is 5.32 Å². The maximum Gasteiger partial charge on any atom is 0.407 e. The van der Waals surface area contributed by atoms with Crippen LogP contribution >= 0.6 is 0 Å². The molecule has 0 bridgehead atoms. The number of alkyl carbamates (subject to hydrolysis) is 1. The van der Waals surface area contributed by atoms with Gasteiger partial charge in [0.25, 0.3) is 5.91 Å². The second-order valence-corrected chi connectivity index (χ2v) is 7.90. The maximum absolute atomic E-state index is 13.9. The van der Waals surface area contributed by atoms with Gasteiger partial charge in [-0.2, -0.15) is 0 Å². The summed E-state index contributed by atoms with van der Waals surface area (Å²) >= 11 is 0. The zero-order valence-electron chi connectivity index (χ0n) is 17.3. The van der Waals surface area contributed by atoms with Crippen LogP contribution in [0.15, 0.2) is 48.5 Å². The second-order valence-electron chi connectivity index (χ2n) is 7.90. The van der Waals surface area contributed by atoms with Crippen molar-refractivity contribution in [2.45, 2.75) is 58.1 Å². The number of para-hydroxylation sites is 1. The van der Waals surface area contributed by atoms with Gasteiger partial charge in [-0.1, -0.05) is 62.4 Å². The molecule has 30 heavy (non-hydrogen) atoms. The fourth-order valence-corrected chi connectivity index (χ4v) is 3.96. The lowest BCUT2D eigenvalue weighted by Crippen LogP contribution is -2.29. The molecule has 1 aliphatic carbocycles. The molecule has 1 unspecified atom stereocenters. The summed E-state index contributed by atoms with van der Waals surface area (Å²) in [5, 5.41) is 5.46. The number of carbonyl (C=O) groups excluding carboxylic acids is 2. The van der Waals surface area contributed by atoms with E-state index >= 15 is 0 Å². The van der Waals surface area contributed by atoms with Gasteiger partial charge in [0, 0.05) is 12.2 Å². The van der Waals surface area contributed by atoms with Gasteiger partial charge in [0.1, 0.15) is 11.9 Å². The van der Waals surface area contributed by atoms with Gasteiger partial charge in [0.05, 0.1) is 5.56 Å². The molecule has 2 N–H and O–H groups in total. The van der Waals surface area contributed by atoms with Crippen LogP contribution in [0.1, 0.15) is 61.4 Å². The summed E-state index contributed by atoms with van der Waals surface area (Å²) in [6.45, 7) is 2.12. The molecule has 2 aromatic rings. The van der Waals surface area contributed by atoms with Crippen LogP contribution < -0.4 is 10.6 Å². The molecule has 0 radical (unpaired) electrons. The summed E-state index contributed by atoms with van der Waals surface area (Å²) in [6.07, 6.45) is 6.53. The summed E-state index contributed by atoms with van der Waals surface area (Å²) in [5.74, 6) is -0.485. The van der Waals surface area contributed by atoms with E-state index in [2.05, 4.69) is 10.6 Å². The number of benzene rings is 2. The van der Waals surface area contributed by atoms with E-state index in [-0.39, 0.29) is 18.2 Å². The molecule has 0 spiro atoms. The van der Waals surface area contributed by atoms with Crippen LogP contribution in [0.3, 0.4) is 0 Å². The van der Waals surface area contributed by atoms with E-state index < -0.39 is 17.8 Å². The number of hydrogen-bond acceptors (Lipinski definition) is 3. The van der Waals surface area contributed by atoms with Crippen LogP contribution in [0.25, 0.3) is 0 Å². The molecule has 2 amide bonds. The van der Waals surface area contributed by atoms with Crippen LogP contribution in [0, 0.1) is 11.7 Å². The minimum Gasteiger partial charge on any atom is -0.447 e. The number of hydrogen-bond donors (Lipinski definition) is 2. The number of carbonyl (C=O) groups is 2. The molecule has 0 saturated heterocycles. The summed E-state index contributed by atoms with van der Waals surface area (Å²) in [6, 6.07) is 12.9. The SMILES string of the molecule is CC(CC1CCCCC1)OC(=O)NCc1ccccc1NC(=O)c1ccccc1F. The van der Waals surface area contributed by atoms with Crippen molar-refractivity contribution in [3.05, 3.63) is 65.5 Å². The van der Waals surface area contributed by atoms with Crippen LogP contribution in [-0.4, -0.2) is 18.1 Å². The quantitative estimate of drug-likeness (QED) is 0.616. The Kier molecular flexibility index (Phi) is 7.82. The fraction of sp³-hybridized carbons (Fsp3) is 0.417. The third-order valence-electron chi connectivity index (χ3n) is 5.51. The van der Waals surface area contributed by atoms with E-state index in [1.807, 2.05) is 13.0 Å². The molecule has 160 valence electrons. The molecule has 6 heteroatoms. The van der Waals surface area contributed by atoms with Crippen molar-refractivity contribution >= 4 is 17.7 Å². The Bertz CT molecular complexity index is 865. The molecule has 0 aliphatic heterocycles. The van der Waals surface area contributed by atoms with Crippen molar-refractivity contribution in [1.29, 1.82) is 0 Å². The zero-order chi connectivity index (χ0) is 21.3. The number of nitrogens with one attached hydrogen (secondary N) is 2. The third-order valence-corrected chi connectivity index (χ3v) is 5.51. The van der Waals surface area contributed by atoms with Crippen LogP contribution in [0.4, 0.5) is 14.9 Å². The van der Waals surface area contributed by atoms with Gasteiger partial charge in [0.2, 0.25) is 0 Å². The lowest BCUT2D eigenvalue weighted by molar-refractivity contribution is 0.0871. The fourth-order valence-electron chi connectivity index (χ4n) is 3.96. The Hall–Kier alpha value is -2.89. The van der Waals surface area contributed by atoms with Crippen LogP contribution in [0.5, 0.6) is 0 Å². The highest BCUT2D eigenvalue weighted by Gasteiger charge is 2.19. The number of amides is 2. The highest BCUT2D eigenvalue weighted by Crippen LogP contribution is 2.28. The van der Waals surface area contributed by atoms with Crippen molar-refractivity contribution in [2.75, 3.05) is 5.32 Å². The average Bonchev–Trinajstić information content (AvgIpc) is 2.74. The van der Waals surface area contributed by atoms with E-state index in [1.165, 1.54) is 50.3 Å². The normalized spacial score (nSPS) is 15.3. The molecular weight excluding hydrogens is 383 g/mol. The molecule has 1 saturated carbocycles. The molecule has 1 atom stereocenters. The second kappa shape index (κ2) is 10.8. The highest BCUT2D eigenvalue weighted by molar-refractivity contribution is 6.04. The highest BCUT2D eigenvalue weighted by atomic mass is 19.1. The molecule has 3 rings (SSSR count). The first-order valence-corrected chi connectivity index (χ1v) is 10.6. The molecule has 2 aromatic carbocycles. The Morgan fingerprint density at radius 1 is 1.07 bits per heavy atom. The zero-order valence-corrected chi connectivity index (χ0v) is 17.3. The van der Waals surface area contributed by atoms with Crippen LogP contribution in [-0.2, 0) is 11.3 Å². The summed E-state index contributed by atoms with van der Waals surface area (Å²) < 4.78 is 19.3. The molecule has 1 fully saturated rings. The average molecular weight is 413 g/mol. The number of ether oxygens (including phenoxy) is 1. The largest absolute Gasteiger partial charge is 0.447 e. The number of anilines is 1. The topological polar surface area (TPSA) is 67.4 Å². The van der Waals surface area contributed by atoms with Gasteiger partial charge in [-0.3, -0.25) is 4.79 Å². The Labute approximate surface area is 177 Å². The first-order chi connectivity index (χ1) is 14.5. The third kappa shape index (κ3) is 6.31. The maximum atomic E-state index is 13.9. The first kappa shape index (κ1) is 21.8. The minimum atomic E-state index is -0.582. The molecular formula is C24H29FN2O3. The lowest BCUT2D eigenvalue weighted by Gasteiger charge is -2.24. The van der Waals surface area contributed by atoms with E-state index in [0.717, 1.165) is 6.42 Å². The first-order valence-electron chi connectivity index (χ1n) is 10.6. The summed E-state index contributed by atoms with van der Waals surface area (Å²) in [7, 11) is 0. The van der Waals surface area contributed by atoms with Crippen molar-refractivity contribution in [2.24, 2.45) is 5.92 Å². The van der Waals surface area contributed by atoms with E-state index in [0.29, 0.717) is 17.2 Å². The van der Waals surface area contributed by atoms with Gasteiger partial charge in [-0.15, -0.1) is 0 Å². The van der Waals surface area contributed by atoms with E-state index in [9.17, 15) is 14.0 Å². The summed E-state index contributed by atoms with van der Waals surface area (Å²) in [5.41, 5.74) is 1.19. The van der Waals surface area contributed by atoms with E-state index in [1.54, 1.807) is 24.3 Å². The van der Waals surface area contributed by atoms with Crippen molar-refractivity contribution in [3.63, 3.8) is 0 Å². The lowest BCUT2D eigenvalue weighted by atomic mass is 9.86. The number of halogens is 1. The van der Waals surface area contributed by atoms with Gasteiger partial charge in [-0.25, -0.2) is 9.18 Å². The van der Waals surface area contributed by atoms with Gasteiger partial charge in [0.15, 0.2) is 0 Å². The molecule has 1 aliphatic rings. The standard InChI is InChI=1S/C24H29FN2O3/c1-17(15-18-9-3-2-4-10-18)30-24(29)26-16-19-11-5-8-14-22(19)27-23(28)20-12-6-7-13-21(20)25/h5-8,11-14,17-18H,2-4,9-10,15-16H2,1H3,(H,26,29)(H,27,28). The Balaban J connectivity index is 1.52. The van der Waals surface area contributed by atoms with Gasteiger partial charge in [-0.05, 0) is 43.0 Å². The van der Waals surface area contributed by atoms with Crippen LogP contribution in [0.2, 0.25) is 0 Å². The van der Waals surface area contributed by atoms with Gasteiger partial charge >= 0.3 is 6.09 Å². The van der Waals surface area contributed by atoms with Gasteiger partial charge < -0.3 is 15.4 Å². The van der Waals surface area contributed by atoms with E-state index in [4.69, 9.17) is 4.74 Å². The Morgan fingerprint density at radius 2 is 1.77 bits per heavy atom. The van der Waals surface area contributed by atoms with Crippen molar-refractivity contribution < 1.29 is 18.7 Å². The monoisotopic (exact) mass is 412 g/mol. The summed E-state index contributed by atoms with van der Waals surface area (Å²) in [4.78, 5) is 24.6.